The van der Waals surface area contributed by atoms with Gasteiger partial charge in [0.2, 0.25) is 0 Å². The summed E-state index contributed by atoms with van der Waals surface area (Å²) in [5, 5.41) is 6.79. The van der Waals surface area contributed by atoms with E-state index in [0.29, 0.717) is 0 Å². The van der Waals surface area contributed by atoms with Crippen LogP contribution >= 0.6 is 24.0 Å². The molecule has 164 valence electrons. The second-order valence-electron chi connectivity index (χ2n) is 7.34. The number of halogens is 1. The minimum absolute atomic E-state index is 0. The van der Waals surface area contributed by atoms with E-state index in [-0.39, 0.29) is 24.0 Å². The van der Waals surface area contributed by atoms with Crippen LogP contribution in [-0.2, 0) is 6.54 Å². The zero-order chi connectivity index (χ0) is 20.3. The summed E-state index contributed by atoms with van der Waals surface area (Å²) in [6.07, 6.45) is 5.56. The Morgan fingerprint density at radius 2 is 1.87 bits per heavy atom. The molecule has 0 amide bonds. The van der Waals surface area contributed by atoms with Crippen molar-refractivity contribution < 1.29 is 0 Å². The van der Waals surface area contributed by atoms with E-state index in [0.717, 1.165) is 63.0 Å². The summed E-state index contributed by atoms with van der Waals surface area (Å²) in [6.45, 7) is 8.09. The van der Waals surface area contributed by atoms with Crippen LogP contribution in [0.3, 0.4) is 0 Å². The van der Waals surface area contributed by atoms with Crippen LogP contribution in [-0.4, -0.2) is 50.7 Å². The molecule has 30 heavy (non-hydrogen) atoms. The zero-order valence-corrected chi connectivity index (χ0v) is 20.5. The van der Waals surface area contributed by atoms with Gasteiger partial charge in [0.15, 0.2) is 5.96 Å². The number of anilines is 2. The van der Waals surface area contributed by atoms with E-state index < -0.39 is 0 Å². The first-order chi connectivity index (χ1) is 14.3. The molecular weight excluding hydrogens is 487 g/mol. The molecule has 7 heteroatoms. The second kappa shape index (κ2) is 13.3. The largest absolute Gasteiger partial charge is 0.372 e. The SMILES string of the molecule is CCN(CCCNC(=NC)NCc1ccc(N2CCCC2)nc1)c1ccccc1.I. The van der Waals surface area contributed by atoms with Crippen molar-refractivity contribution >= 4 is 41.4 Å². The van der Waals surface area contributed by atoms with Crippen LogP contribution in [0.4, 0.5) is 11.5 Å². The van der Waals surface area contributed by atoms with Crippen LogP contribution in [0.2, 0.25) is 0 Å². The number of para-hydroxylation sites is 1. The average molecular weight is 522 g/mol. The third-order valence-electron chi connectivity index (χ3n) is 5.32. The van der Waals surface area contributed by atoms with Gasteiger partial charge in [0.25, 0.3) is 0 Å². The quantitative estimate of drug-likeness (QED) is 0.227. The summed E-state index contributed by atoms with van der Waals surface area (Å²) in [7, 11) is 1.81. The fourth-order valence-electron chi connectivity index (χ4n) is 3.65. The van der Waals surface area contributed by atoms with Gasteiger partial charge in [-0.1, -0.05) is 24.3 Å². The van der Waals surface area contributed by atoms with Crippen LogP contribution in [0.1, 0.15) is 31.7 Å². The van der Waals surface area contributed by atoms with Gasteiger partial charge < -0.3 is 20.4 Å². The Balaban J connectivity index is 0.00000320. The number of hydrogen-bond donors (Lipinski definition) is 2. The van der Waals surface area contributed by atoms with Crippen LogP contribution in [0.25, 0.3) is 0 Å². The Hall–Kier alpha value is -2.03. The summed E-state index contributed by atoms with van der Waals surface area (Å²) in [4.78, 5) is 13.7. The van der Waals surface area contributed by atoms with Gasteiger partial charge in [-0.3, -0.25) is 4.99 Å². The van der Waals surface area contributed by atoms with Crippen molar-refractivity contribution in [1.29, 1.82) is 0 Å². The lowest BCUT2D eigenvalue weighted by molar-refractivity contribution is 0.708. The number of nitrogens with zero attached hydrogens (tertiary/aromatic N) is 4. The summed E-state index contributed by atoms with van der Waals surface area (Å²) < 4.78 is 0. The molecule has 2 aromatic rings. The van der Waals surface area contributed by atoms with E-state index >= 15 is 0 Å². The van der Waals surface area contributed by atoms with Crippen molar-refractivity contribution in [3.8, 4) is 0 Å². The maximum absolute atomic E-state index is 4.62. The highest BCUT2D eigenvalue weighted by Crippen LogP contribution is 2.17. The van der Waals surface area contributed by atoms with Gasteiger partial charge in [-0.2, -0.15) is 0 Å². The molecule has 0 unspecified atom stereocenters. The molecular formula is C23H35IN6. The lowest BCUT2D eigenvalue weighted by Crippen LogP contribution is -2.38. The molecule has 1 aromatic carbocycles. The summed E-state index contributed by atoms with van der Waals surface area (Å²) >= 11 is 0. The van der Waals surface area contributed by atoms with Crippen LogP contribution in [0, 0.1) is 0 Å². The molecule has 1 aliphatic heterocycles. The molecule has 0 aliphatic carbocycles. The molecule has 0 bridgehead atoms. The topological polar surface area (TPSA) is 55.8 Å². The maximum atomic E-state index is 4.62. The van der Waals surface area contributed by atoms with Crippen LogP contribution in [0.5, 0.6) is 0 Å². The predicted octanol–water partition coefficient (Wildman–Crippen LogP) is 3.88. The number of pyridine rings is 1. The lowest BCUT2D eigenvalue weighted by atomic mass is 10.2. The van der Waals surface area contributed by atoms with Crippen molar-refractivity contribution in [1.82, 2.24) is 15.6 Å². The van der Waals surface area contributed by atoms with Crippen molar-refractivity contribution in [3.05, 3.63) is 54.2 Å². The number of guanidine groups is 1. The highest BCUT2D eigenvalue weighted by atomic mass is 127. The number of rotatable bonds is 9. The lowest BCUT2D eigenvalue weighted by Gasteiger charge is -2.23. The van der Waals surface area contributed by atoms with Gasteiger partial charge in [-0.05, 0) is 49.9 Å². The van der Waals surface area contributed by atoms with Gasteiger partial charge in [0.1, 0.15) is 5.82 Å². The Bertz CT molecular complexity index is 744. The molecule has 6 nitrogen and oxygen atoms in total. The van der Waals surface area contributed by atoms with E-state index in [4.69, 9.17) is 0 Å². The molecule has 1 aromatic heterocycles. The normalized spacial score (nSPS) is 13.7. The molecule has 3 rings (SSSR count). The van der Waals surface area contributed by atoms with Crippen LogP contribution in [0.15, 0.2) is 53.7 Å². The average Bonchev–Trinajstić information content (AvgIpc) is 3.32. The Kier molecular flexibility index (Phi) is 10.8. The van der Waals surface area contributed by atoms with Gasteiger partial charge in [0, 0.05) is 58.2 Å². The van der Waals surface area contributed by atoms with Crippen molar-refractivity contribution in [2.24, 2.45) is 4.99 Å². The third kappa shape index (κ3) is 7.34. The molecule has 0 radical (unpaired) electrons. The summed E-state index contributed by atoms with van der Waals surface area (Å²) in [5.41, 5.74) is 2.44. The Labute approximate surface area is 198 Å². The van der Waals surface area contributed by atoms with Crippen LogP contribution < -0.4 is 20.4 Å². The first-order valence-corrected chi connectivity index (χ1v) is 10.7. The monoisotopic (exact) mass is 522 g/mol. The molecule has 0 spiro atoms. The Morgan fingerprint density at radius 3 is 2.50 bits per heavy atom. The van der Waals surface area contributed by atoms with Gasteiger partial charge in [0.05, 0.1) is 0 Å². The van der Waals surface area contributed by atoms with E-state index in [1.54, 1.807) is 0 Å². The standard InChI is InChI=1S/C23H34N6.HI/c1-3-28(21-10-5-4-6-11-21)17-9-14-25-23(24-2)27-19-20-12-13-22(26-18-20)29-15-7-8-16-29;/h4-6,10-13,18H,3,7-9,14-17,19H2,1-2H3,(H2,24,25,27);1H. The van der Waals surface area contributed by atoms with Crippen molar-refractivity contribution in [2.45, 2.75) is 32.7 Å². The molecule has 2 heterocycles. The van der Waals surface area contributed by atoms with Crippen molar-refractivity contribution in [3.63, 3.8) is 0 Å². The van der Waals surface area contributed by atoms with E-state index in [2.05, 4.69) is 79.8 Å². The minimum Gasteiger partial charge on any atom is -0.372 e. The van der Waals surface area contributed by atoms with E-state index in [1.807, 2.05) is 13.2 Å². The summed E-state index contributed by atoms with van der Waals surface area (Å²) in [5.74, 6) is 1.92. The third-order valence-corrected chi connectivity index (χ3v) is 5.32. The van der Waals surface area contributed by atoms with E-state index in [9.17, 15) is 0 Å². The number of nitrogens with one attached hydrogen (secondary N) is 2. The fourth-order valence-corrected chi connectivity index (χ4v) is 3.65. The highest BCUT2D eigenvalue weighted by Gasteiger charge is 2.13. The zero-order valence-electron chi connectivity index (χ0n) is 18.2. The molecule has 1 fully saturated rings. The maximum Gasteiger partial charge on any atom is 0.191 e. The smallest absolute Gasteiger partial charge is 0.191 e. The summed E-state index contributed by atoms with van der Waals surface area (Å²) in [6, 6.07) is 14.9. The number of aromatic nitrogens is 1. The fraction of sp³-hybridized carbons (Fsp3) is 0.478. The minimum atomic E-state index is 0. The highest BCUT2D eigenvalue weighted by molar-refractivity contribution is 14.0. The molecule has 1 saturated heterocycles. The second-order valence-corrected chi connectivity index (χ2v) is 7.34. The van der Waals surface area contributed by atoms with Gasteiger partial charge in [-0.25, -0.2) is 4.98 Å². The number of aliphatic imine (C=N–C) groups is 1. The number of hydrogen-bond acceptors (Lipinski definition) is 4. The predicted molar refractivity (Wildman–Crippen MR) is 138 cm³/mol. The van der Waals surface area contributed by atoms with Crippen molar-refractivity contribution in [2.75, 3.05) is 49.6 Å². The number of benzene rings is 1. The van der Waals surface area contributed by atoms with E-state index in [1.165, 1.54) is 18.5 Å². The molecule has 2 N–H and O–H groups in total. The van der Waals surface area contributed by atoms with Gasteiger partial charge >= 0.3 is 0 Å². The molecule has 0 atom stereocenters. The first-order valence-electron chi connectivity index (χ1n) is 10.7. The molecule has 1 aliphatic rings. The Morgan fingerprint density at radius 1 is 1.10 bits per heavy atom. The van der Waals surface area contributed by atoms with Gasteiger partial charge in [-0.15, -0.1) is 24.0 Å². The first kappa shape index (κ1) is 24.2. The molecule has 0 saturated carbocycles.